The number of aliphatic carboxylic acids is 1. The summed E-state index contributed by atoms with van der Waals surface area (Å²) in [6, 6.07) is 8.19. The molecule has 27 heavy (non-hydrogen) atoms. The summed E-state index contributed by atoms with van der Waals surface area (Å²) in [5.41, 5.74) is -2.16. The van der Waals surface area contributed by atoms with E-state index in [1.165, 1.54) is 6.07 Å². The maximum atomic E-state index is 12.7. The minimum atomic E-state index is -4.62. The van der Waals surface area contributed by atoms with Gasteiger partial charge in [-0.25, -0.2) is 9.79 Å². The first-order valence-electron chi connectivity index (χ1n) is 7.33. The van der Waals surface area contributed by atoms with Crippen LogP contribution in [-0.2, 0) is 11.0 Å². The topological polar surface area (TPSA) is 110 Å². The highest BCUT2D eigenvalue weighted by molar-refractivity contribution is 6.40. The van der Waals surface area contributed by atoms with Crippen molar-refractivity contribution in [1.82, 2.24) is 0 Å². The molecule has 0 aliphatic heterocycles. The molecule has 0 aliphatic carbocycles. The van der Waals surface area contributed by atoms with Crippen molar-refractivity contribution in [3.8, 4) is 0 Å². The van der Waals surface area contributed by atoms with Crippen LogP contribution in [0.15, 0.2) is 53.5 Å². The third-order valence-corrected chi connectivity index (χ3v) is 3.41. The van der Waals surface area contributed by atoms with Crippen LogP contribution in [0.4, 0.5) is 24.5 Å². The van der Waals surface area contributed by atoms with E-state index in [9.17, 15) is 38.0 Å². The third-order valence-electron chi connectivity index (χ3n) is 3.41. The second-order valence-corrected chi connectivity index (χ2v) is 5.32. The van der Waals surface area contributed by atoms with Crippen molar-refractivity contribution < 1.29 is 32.8 Å². The molecule has 2 aromatic rings. The first kappa shape index (κ1) is 19.8. The monoisotopic (exact) mass is 380 g/mol. The molecule has 0 radical (unpaired) electrons. The number of benzene rings is 2. The van der Waals surface area contributed by atoms with Gasteiger partial charge in [-0.1, -0.05) is 6.07 Å². The van der Waals surface area contributed by atoms with Gasteiger partial charge in [-0.3, -0.25) is 14.9 Å². The molecule has 7 nitrogen and oxygen atoms in total. The summed E-state index contributed by atoms with van der Waals surface area (Å²) < 4.78 is 38.2. The average Bonchev–Trinajstić information content (AvgIpc) is 2.60. The molecule has 1 N–H and O–H groups in total. The number of carbonyl (C=O) groups is 2. The number of aliphatic imine (C=N–C) groups is 1. The van der Waals surface area contributed by atoms with Crippen LogP contribution in [0.5, 0.6) is 0 Å². The molecule has 0 saturated carbocycles. The lowest BCUT2D eigenvalue weighted by atomic mass is 10.0. The molecule has 0 amide bonds. The van der Waals surface area contributed by atoms with Crippen molar-refractivity contribution in [3.05, 3.63) is 69.8 Å². The summed E-state index contributed by atoms with van der Waals surface area (Å²) in [5, 5.41) is 19.8. The molecule has 0 aromatic heterocycles. The Kier molecular flexibility index (Phi) is 5.69. The zero-order valence-corrected chi connectivity index (χ0v) is 13.4. The number of non-ortho nitro benzene ring substituents is 1. The van der Waals surface area contributed by atoms with Crippen LogP contribution in [0.1, 0.15) is 22.3 Å². The Hall–Kier alpha value is -3.56. The summed E-state index contributed by atoms with van der Waals surface area (Å²) in [6.07, 6.45) is -5.31. The number of ketones is 1. The van der Waals surface area contributed by atoms with Gasteiger partial charge in [-0.05, 0) is 30.3 Å². The Morgan fingerprint density at radius 1 is 1.11 bits per heavy atom. The van der Waals surface area contributed by atoms with Crippen molar-refractivity contribution in [1.29, 1.82) is 0 Å². The molecule has 0 saturated heterocycles. The fourth-order valence-electron chi connectivity index (χ4n) is 2.09. The average molecular weight is 380 g/mol. The number of carbonyl (C=O) groups excluding carboxylic acids is 1. The summed E-state index contributed by atoms with van der Waals surface area (Å²) >= 11 is 0. The first-order chi connectivity index (χ1) is 12.6. The van der Waals surface area contributed by atoms with Crippen molar-refractivity contribution in [2.24, 2.45) is 4.99 Å². The normalized spacial score (nSPS) is 11.9. The number of rotatable bonds is 6. The van der Waals surface area contributed by atoms with Crippen molar-refractivity contribution in [3.63, 3.8) is 0 Å². The van der Waals surface area contributed by atoms with Gasteiger partial charge in [0.1, 0.15) is 5.71 Å². The number of nitro benzene ring substituents is 1. The molecule has 0 heterocycles. The molecule has 10 heteroatoms. The van der Waals surface area contributed by atoms with Crippen LogP contribution >= 0.6 is 0 Å². The third kappa shape index (κ3) is 5.21. The van der Waals surface area contributed by atoms with Gasteiger partial charge in [0.05, 0.1) is 22.6 Å². The standard InChI is InChI=1S/C17H11F3N2O5/c18-17(19,20)11-2-1-3-12(8-11)21-14(16(24)25)9-15(23)10-4-6-13(7-5-10)22(26)27/h1-8H,9H2,(H,24,25). The predicted octanol–water partition coefficient (Wildman–Crippen LogP) is 4.04. The number of hydrogen-bond acceptors (Lipinski definition) is 5. The largest absolute Gasteiger partial charge is 0.477 e. The molecule has 140 valence electrons. The predicted molar refractivity (Wildman–Crippen MR) is 88.2 cm³/mol. The van der Waals surface area contributed by atoms with Crippen molar-refractivity contribution in [2.75, 3.05) is 0 Å². The van der Waals surface area contributed by atoms with E-state index in [4.69, 9.17) is 0 Å². The Morgan fingerprint density at radius 2 is 1.74 bits per heavy atom. The number of nitrogens with zero attached hydrogens (tertiary/aromatic N) is 2. The summed E-state index contributed by atoms with van der Waals surface area (Å²) in [5.74, 6) is -2.26. The Balaban J connectivity index is 2.27. The quantitative estimate of drug-likeness (QED) is 0.352. The fraction of sp³-hybridized carbons (Fsp3) is 0.118. The molecule has 0 unspecified atom stereocenters. The highest BCUT2D eigenvalue weighted by atomic mass is 19.4. The maximum absolute atomic E-state index is 12.7. The SMILES string of the molecule is O=C(O)C(CC(=O)c1ccc([N+](=O)[O-])cc1)=Nc1cccc(C(F)(F)F)c1. The van der Waals surface area contributed by atoms with Crippen molar-refractivity contribution >= 4 is 28.8 Å². The van der Waals surface area contributed by atoms with Gasteiger partial charge in [0.25, 0.3) is 5.69 Å². The Morgan fingerprint density at radius 3 is 2.26 bits per heavy atom. The highest BCUT2D eigenvalue weighted by Crippen LogP contribution is 2.31. The van der Waals surface area contributed by atoms with E-state index in [2.05, 4.69) is 4.99 Å². The number of carboxylic acid groups (broad SMARTS) is 1. The minimum absolute atomic E-state index is 0.0126. The number of carboxylic acids is 1. The van der Waals surface area contributed by atoms with Crippen LogP contribution < -0.4 is 0 Å². The zero-order valence-electron chi connectivity index (χ0n) is 13.4. The lowest BCUT2D eigenvalue weighted by Gasteiger charge is -2.07. The molecular weight excluding hydrogens is 369 g/mol. The van der Waals surface area contributed by atoms with E-state index >= 15 is 0 Å². The molecule has 0 fully saturated rings. The maximum Gasteiger partial charge on any atom is 0.416 e. The highest BCUT2D eigenvalue weighted by Gasteiger charge is 2.30. The lowest BCUT2D eigenvalue weighted by molar-refractivity contribution is -0.384. The second kappa shape index (κ2) is 7.77. The smallest absolute Gasteiger partial charge is 0.416 e. The van der Waals surface area contributed by atoms with Crippen LogP contribution in [0.3, 0.4) is 0 Å². The minimum Gasteiger partial charge on any atom is -0.477 e. The van der Waals surface area contributed by atoms with E-state index < -0.39 is 40.5 Å². The van der Waals surface area contributed by atoms with Gasteiger partial charge in [-0.15, -0.1) is 0 Å². The number of nitro groups is 1. The molecule has 0 bridgehead atoms. The molecule has 2 aromatic carbocycles. The van der Waals surface area contributed by atoms with Crippen LogP contribution in [0.2, 0.25) is 0 Å². The van der Waals surface area contributed by atoms with E-state index in [0.29, 0.717) is 6.07 Å². The molecule has 2 rings (SSSR count). The van der Waals surface area contributed by atoms with Crippen LogP contribution in [0.25, 0.3) is 0 Å². The molecule has 0 aliphatic rings. The van der Waals surface area contributed by atoms with E-state index in [1.807, 2.05) is 0 Å². The van der Waals surface area contributed by atoms with Gasteiger partial charge in [0, 0.05) is 17.7 Å². The van der Waals surface area contributed by atoms with Gasteiger partial charge < -0.3 is 5.11 Å². The number of alkyl halides is 3. The lowest BCUT2D eigenvalue weighted by Crippen LogP contribution is -2.17. The molecule has 0 atom stereocenters. The van der Waals surface area contributed by atoms with Crippen LogP contribution in [0, 0.1) is 10.1 Å². The van der Waals surface area contributed by atoms with Crippen molar-refractivity contribution in [2.45, 2.75) is 12.6 Å². The van der Waals surface area contributed by atoms with E-state index in [1.54, 1.807) is 0 Å². The van der Waals surface area contributed by atoms with E-state index in [-0.39, 0.29) is 16.9 Å². The summed E-state index contributed by atoms with van der Waals surface area (Å²) in [7, 11) is 0. The molecule has 0 spiro atoms. The van der Waals surface area contributed by atoms with Crippen LogP contribution in [-0.4, -0.2) is 27.5 Å². The number of Topliss-reactive ketones (excluding diaryl/α,β-unsaturated/α-hetero) is 1. The number of hydrogen-bond donors (Lipinski definition) is 1. The summed E-state index contributed by atoms with van der Waals surface area (Å²) in [4.78, 5) is 37.0. The Bertz CT molecular complexity index is 921. The zero-order chi connectivity index (χ0) is 20.2. The molecular formula is C17H11F3N2O5. The first-order valence-corrected chi connectivity index (χ1v) is 7.33. The van der Waals surface area contributed by atoms with Gasteiger partial charge in [0.2, 0.25) is 0 Å². The summed E-state index contributed by atoms with van der Waals surface area (Å²) in [6.45, 7) is 0. The second-order valence-electron chi connectivity index (χ2n) is 5.32. The van der Waals surface area contributed by atoms with Gasteiger partial charge in [-0.2, -0.15) is 13.2 Å². The van der Waals surface area contributed by atoms with E-state index in [0.717, 1.165) is 36.4 Å². The van der Waals surface area contributed by atoms with Gasteiger partial charge >= 0.3 is 12.1 Å². The fourth-order valence-corrected chi connectivity index (χ4v) is 2.09. The van der Waals surface area contributed by atoms with Gasteiger partial charge in [0.15, 0.2) is 5.78 Å². The Labute approximate surface area is 149 Å². The number of halogens is 3.